The van der Waals surface area contributed by atoms with Gasteiger partial charge in [0.1, 0.15) is 0 Å². The van der Waals surface area contributed by atoms with E-state index in [9.17, 15) is 8.42 Å². The summed E-state index contributed by atoms with van der Waals surface area (Å²) in [6.45, 7) is 3.14. The van der Waals surface area contributed by atoms with E-state index in [2.05, 4.69) is 10.6 Å². The van der Waals surface area contributed by atoms with Gasteiger partial charge in [0, 0.05) is 12.2 Å². The van der Waals surface area contributed by atoms with Gasteiger partial charge in [0.05, 0.1) is 4.90 Å². The van der Waals surface area contributed by atoms with Crippen molar-refractivity contribution in [2.45, 2.75) is 24.2 Å². The molecule has 1 aliphatic heterocycles. The fraction of sp³-hybridized carbons (Fsp3) is 0.538. The maximum Gasteiger partial charge on any atom is 0.238 e. The minimum Gasteiger partial charge on any atom is -0.385 e. The van der Waals surface area contributed by atoms with Crippen molar-refractivity contribution >= 4 is 15.7 Å². The highest BCUT2D eigenvalue weighted by Gasteiger charge is 2.12. The van der Waals surface area contributed by atoms with Gasteiger partial charge in [-0.1, -0.05) is 0 Å². The number of nitrogens with two attached hydrogens (primary N) is 1. The number of hydrogen-bond acceptors (Lipinski definition) is 4. The van der Waals surface area contributed by atoms with E-state index in [1.165, 1.54) is 25.0 Å². The minimum absolute atomic E-state index is 0.148. The number of benzene rings is 1. The monoisotopic (exact) mass is 283 g/mol. The third-order valence-electron chi connectivity index (χ3n) is 3.46. The molecule has 1 saturated heterocycles. The minimum atomic E-state index is -3.59. The van der Waals surface area contributed by atoms with Crippen molar-refractivity contribution in [3.05, 3.63) is 24.3 Å². The van der Waals surface area contributed by atoms with E-state index in [0.29, 0.717) is 0 Å². The summed E-state index contributed by atoms with van der Waals surface area (Å²) < 4.78 is 22.2. The molecule has 1 aliphatic rings. The van der Waals surface area contributed by atoms with Crippen molar-refractivity contribution in [3.63, 3.8) is 0 Å². The summed E-state index contributed by atoms with van der Waals surface area (Å²) in [7, 11) is -3.59. The van der Waals surface area contributed by atoms with Crippen LogP contribution in [-0.4, -0.2) is 28.1 Å². The Balaban J connectivity index is 1.80. The molecule has 0 aromatic heterocycles. The first kappa shape index (κ1) is 14.3. The topological polar surface area (TPSA) is 84.2 Å². The fourth-order valence-corrected chi connectivity index (χ4v) is 2.87. The molecule has 1 unspecified atom stereocenters. The molecule has 5 nitrogen and oxygen atoms in total. The average Bonchev–Trinajstić information content (AvgIpc) is 2.39. The number of sulfonamides is 1. The molecular weight excluding hydrogens is 262 g/mol. The molecule has 0 bridgehead atoms. The Morgan fingerprint density at radius 2 is 2.05 bits per heavy atom. The van der Waals surface area contributed by atoms with Crippen LogP contribution >= 0.6 is 0 Å². The predicted octanol–water partition coefficient (Wildman–Crippen LogP) is 1.14. The molecule has 19 heavy (non-hydrogen) atoms. The van der Waals surface area contributed by atoms with Crippen LogP contribution in [0.4, 0.5) is 5.69 Å². The first-order valence-corrected chi connectivity index (χ1v) is 8.18. The number of rotatable bonds is 5. The lowest BCUT2D eigenvalue weighted by Gasteiger charge is -2.22. The van der Waals surface area contributed by atoms with Crippen molar-refractivity contribution in [1.82, 2.24) is 5.32 Å². The van der Waals surface area contributed by atoms with Crippen LogP contribution in [-0.2, 0) is 10.0 Å². The van der Waals surface area contributed by atoms with Crippen LogP contribution in [0.3, 0.4) is 0 Å². The highest BCUT2D eigenvalue weighted by Crippen LogP contribution is 2.16. The van der Waals surface area contributed by atoms with Crippen LogP contribution in [0.2, 0.25) is 0 Å². The van der Waals surface area contributed by atoms with Gasteiger partial charge < -0.3 is 10.6 Å². The lowest BCUT2D eigenvalue weighted by atomic mass is 9.96. The van der Waals surface area contributed by atoms with E-state index in [1.54, 1.807) is 12.1 Å². The standard InChI is InChI=1S/C13H21N3O2S/c14-19(17,18)13-5-3-12(4-6-13)16-9-7-11-2-1-8-15-10-11/h3-6,11,15-16H,1-2,7-10H2,(H2,14,17,18). The number of anilines is 1. The first-order valence-electron chi connectivity index (χ1n) is 6.63. The Labute approximate surface area is 114 Å². The molecule has 0 spiro atoms. The van der Waals surface area contributed by atoms with Crippen molar-refractivity contribution in [1.29, 1.82) is 0 Å². The van der Waals surface area contributed by atoms with Gasteiger partial charge in [0.2, 0.25) is 10.0 Å². The van der Waals surface area contributed by atoms with Gasteiger partial charge in [0.25, 0.3) is 0 Å². The van der Waals surface area contributed by atoms with Crippen LogP contribution < -0.4 is 15.8 Å². The van der Waals surface area contributed by atoms with Gasteiger partial charge in [-0.2, -0.15) is 0 Å². The summed E-state index contributed by atoms with van der Waals surface area (Å²) in [5, 5.41) is 11.8. The maximum atomic E-state index is 11.1. The van der Waals surface area contributed by atoms with Crippen LogP contribution in [0.1, 0.15) is 19.3 Å². The van der Waals surface area contributed by atoms with E-state index in [4.69, 9.17) is 5.14 Å². The first-order chi connectivity index (χ1) is 9.05. The number of primary sulfonamides is 1. The molecule has 1 heterocycles. The van der Waals surface area contributed by atoms with Gasteiger partial charge in [-0.15, -0.1) is 0 Å². The number of nitrogens with one attached hydrogen (secondary N) is 2. The normalized spacial score (nSPS) is 20.2. The van der Waals surface area contributed by atoms with Crippen LogP contribution in [0, 0.1) is 5.92 Å². The summed E-state index contributed by atoms with van der Waals surface area (Å²) in [6, 6.07) is 6.55. The summed E-state index contributed by atoms with van der Waals surface area (Å²) in [4.78, 5) is 0.148. The number of piperidine rings is 1. The van der Waals surface area contributed by atoms with E-state index in [1.807, 2.05) is 0 Å². The van der Waals surface area contributed by atoms with Gasteiger partial charge in [0.15, 0.2) is 0 Å². The maximum absolute atomic E-state index is 11.1. The molecule has 1 fully saturated rings. The van der Waals surface area contributed by atoms with E-state index in [-0.39, 0.29) is 4.90 Å². The highest BCUT2D eigenvalue weighted by atomic mass is 32.2. The SMILES string of the molecule is NS(=O)(=O)c1ccc(NCCC2CCCNC2)cc1. The largest absolute Gasteiger partial charge is 0.385 e. The lowest BCUT2D eigenvalue weighted by Crippen LogP contribution is -2.30. The van der Waals surface area contributed by atoms with Gasteiger partial charge in [-0.3, -0.25) is 0 Å². The Morgan fingerprint density at radius 3 is 2.63 bits per heavy atom. The molecule has 1 atom stereocenters. The summed E-state index contributed by atoms with van der Waals surface area (Å²) in [5.41, 5.74) is 0.927. The quantitative estimate of drug-likeness (QED) is 0.756. The second-order valence-electron chi connectivity index (χ2n) is 5.00. The Morgan fingerprint density at radius 1 is 1.32 bits per heavy atom. The van der Waals surface area contributed by atoms with E-state index < -0.39 is 10.0 Å². The summed E-state index contributed by atoms with van der Waals surface area (Å²) in [6.07, 6.45) is 3.68. The molecule has 1 aromatic carbocycles. The third-order valence-corrected chi connectivity index (χ3v) is 4.39. The van der Waals surface area contributed by atoms with E-state index in [0.717, 1.165) is 37.7 Å². The van der Waals surface area contributed by atoms with Crippen molar-refractivity contribution in [2.24, 2.45) is 11.1 Å². The van der Waals surface area contributed by atoms with Crippen molar-refractivity contribution in [3.8, 4) is 0 Å². The zero-order valence-electron chi connectivity index (χ0n) is 10.9. The highest BCUT2D eigenvalue weighted by molar-refractivity contribution is 7.89. The lowest BCUT2D eigenvalue weighted by molar-refractivity contribution is 0.364. The molecule has 2 rings (SSSR count). The molecule has 1 aromatic rings. The molecule has 0 radical (unpaired) electrons. The summed E-state index contributed by atoms with van der Waals surface area (Å²) >= 11 is 0. The third kappa shape index (κ3) is 4.49. The van der Waals surface area contributed by atoms with Gasteiger partial charge in [-0.05, 0) is 62.5 Å². The molecule has 6 heteroatoms. The summed E-state index contributed by atoms with van der Waals surface area (Å²) in [5.74, 6) is 0.741. The zero-order valence-corrected chi connectivity index (χ0v) is 11.7. The smallest absolute Gasteiger partial charge is 0.238 e. The fourth-order valence-electron chi connectivity index (χ4n) is 2.35. The van der Waals surface area contributed by atoms with Crippen LogP contribution in [0.15, 0.2) is 29.2 Å². The molecule has 0 aliphatic carbocycles. The van der Waals surface area contributed by atoms with Gasteiger partial charge >= 0.3 is 0 Å². The van der Waals surface area contributed by atoms with Gasteiger partial charge in [-0.25, -0.2) is 13.6 Å². The molecular formula is C13H21N3O2S. The Hall–Kier alpha value is -1.11. The average molecular weight is 283 g/mol. The zero-order chi connectivity index (χ0) is 13.7. The van der Waals surface area contributed by atoms with Crippen molar-refractivity contribution < 1.29 is 8.42 Å². The molecule has 4 N–H and O–H groups in total. The second-order valence-corrected chi connectivity index (χ2v) is 6.56. The predicted molar refractivity (Wildman–Crippen MR) is 76.5 cm³/mol. The Bertz CT molecular complexity index is 493. The second kappa shape index (κ2) is 6.36. The van der Waals surface area contributed by atoms with E-state index >= 15 is 0 Å². The van der Waals surface area contributed by atoms with Crippen LogP contribution in [0.25, 0.3) is 0 Å². The van der Waals surface area contributed by atoms with Crippen LogP contribution in [0.5, 0.6) is 0 Å². The Kier molecular flexibility index (Phi) is 4.79. The molecule has 106 valence electrons. The number of hydrogen-bond donors (Lipinski definition) is 3. The molecule has 0 amide bonds. The van der Waals surface area contributed by atoms with Crippen molar-refractivity contribution in [2.75, 3.05) is 25.0 Å². The molecule has 0 saturated carbocycles.